The summed E-state index contributed by atoms with van der Waals surface area (Å²) < 4.78 is 0. The smallest absolute Gasteiger partial charge is 0.137 e. The van der Waals surface area contributed by atoms with Crippen LogP contribution in [-0.2, 0) is 6.42 Å². The van der Waals surface area contributed by atoms with Crippen LogP contribution in [0.1, 0.15) is 39.7 Å². The number of hydrogen-bond acceptors (Lipinski definition) is 4. The zero-order chi connectivity index (χ0) is 13.8. The molecule has 0 aliphatic carbocycles. The van der Waals surface area contributed by atoms with E-state index in [0.717, 1.165) is 18.4 Å². The van der Waals surface area contributed by atoms with E-state index in [1.54, 1.807) is 0 Å². The average Bonchev–Trinajstić information content (AvgIpc) is 2.24. The minimum atomic E-state index is -0.400. The molecule has 0 saturated carbocycles. The van der Waals surface area contributed by atoms with Gasteiger partial charge in [-0.25, -0.2) is 9.97 Å². The first-order valence-corrected chi connectivity index (χ1v) is 6.62. The highest BCUT2D eigenvalue weighted by Crippen LogP contribution is 2.22. The minimum Gasteiger partial charge on any atom is -0.391 e. The maximum Gasteiger partial charge on any atom is 0.137 e. The van der Waals surface area contributed by atoms with E-state index in [1.807, 2.05) is 6.92 Å². The zero-order valence-corrected chi connectivity index (χ0v) is 12.3. The van der Waals surface area contributed by atoms with Crippen molar-refractivity contribution in [2.24, 2.45) is 5.41 Å². The van der Waals surface area contributed by atoms with E-state index in [0.29, 0.717) is 17.5 Å². The summed E-state index contributed by atoms with van der Waals surface area (Å²) in [4.78, 5) is 8.11. The Balaban J connectivity index is 2.61. The molecule has 0 amide bonds. The summed E-state index contributed by atoms with van der Waals surface area (Å²) in [5, 5.41) is 13.6. The number of nitrogens with zero attached hydrogens (tertiary/aromatic N) is 2. The lowest BCUT2D eigenvalue weighted by molar-refractivity contribution is 0.132. The van der Waals surface area contributed by atoms with Gasteiger partial charge in [-0.3, -0.25) is 0 Å². The second kappa shape index (κ2) is 6.34. The van der Waals surface area contributed by atoms with Crippen molar-refractivity contribution in [3.63, 3.8) is 0 Å². The van der Waals surface area contributed by atoms with Crippen molar-refractivity contribution in [2.75, 3.05) is 11.9 Å². The van der Waals surface area contributed by atoms with Gasteiger partial charge in [-0.05, 0) is 18.3 Å². The van der Waals surface area contributed by atoms with Gasteiger partial charge in [-0.2, -0.15) is 0 Å². The fraction of sp³-hybridized carbons (Fsp3) is 0.692. The third-order valence-corrected chi connectivity index (χ3v) is 2.93. The van der Waals surface area contributed by atoms with Gasteiger partial charge in [0.2, 0.25) is 0 Å². The maximum absolute atomic E-state index is 9.94. The van der Waals surface area contributed by atoms with Crippen LogP contribution in [0.25, 0.3) is 0 Å². The van der Waals surface area contributed by atoms with E-state index in [4.69, 9.17) is 11.6 Å². The van der Waals surface area contributed by atoms with Gasteiger partial charge in [0.1, 0.15) is 17.3 Å². The molecule has 0 bridgehead atoms. The van der Waals surface area contributed by atoms with Crippen molar-refractivity contribution in [1.29, 1.82) is 0 Å². The lowest BCUT2D eigenvalue weighted by Gasteiger charge is -2.23. The van der Waals surface area contributed by atoms with Gasteiger partial charge >= 0.3 is 0 Å². The van der Waals surface area contributed by atoms with Gasteiger partial charge in [0.15, 0.2) is 0 Å². The summed E-state index contributed by atoms with van der Waals surface area (Å²) in [5.74, 6) is 0.713. The van der Waals surface area contributed by atoms with Crippen molar-refractivity contribution >= 4 is 17.4 Å². The van der Waals surface area contributed by atoms with Crippen LogP contribution >= 0.6 is 11.6 Å². The summed E-state index contributed by atoms with van der Waals surface area (Å²) in [7, 11) is 0. The second-order valence-corrected chi connectivity index (χ2v) is 6.00. The normalized spacial score (nSPS) is 13.4. The van der Waals surface area contributed by atoms with Gasteiger partial charge in [-0.1, -0.05) is 39.3 Å². The highest BCUT2D eigenvalue weighted by Gasteiger charge is 2.17. The second-order valence-electron chi connectivity index (χ2n) is 5.64. The lowest BCUT2D eigenvalue weighted by atomic mass is 9.89. The van der Waals surface area contributed by atoms with Crippen molar-refractivity contribution in [3.8, 4) is 0 Å². The number of rotatable bonds is 5. The summed E-state index contributed by atoms with van der Waals surface area (Å²) >= 11 is 6.00. The first kappa shape index (κ1) is 15.2. The molecule has 102 valence electrons. The highest BCUT2D eigenvalue weighted by molar-refractivity contribution is 6.30. The molecule has 0 radical (unpaired) electrons. The molecule has 2 N–H and O–H groups in total. The molecule has 1 rings (SSSR count). The van der Waals surface area contributed by atoms with Crippen LogP contribution in [0.5, 0.6) is 0 Å². The first-order valence-electron chi connectivity index (χ1n) is 6.25. The van der Waals surface area contributed by atoms with Gasteiger partial charge in [0.05, 0.1) is 6.10 Å². The summed E-state index contributed by atoms with van der Waals surface area (Å²) in [5.41, 5.74) is 1.000. The topological polar surface area (TPSA) is 58.0 Å². The number of aliphatic hydroxyl groups is 1. The average molecular weight is 272 g/mol. The Morgan fingerprint density at radius 3 is 2.61 bits per heavy atom. The van der Waals surface area contributed by atoms with E-state index in [-0.39, 0.29) is 5.41 Å². The van der Waals surface area contributed by atoms with E-state index >= 15 is 0 Å². The molecule has 0 spiro atoms. The van der Waals surface area contributed by atoms with Crippen LogP contribution in [0.15, 0.2) is 6.33 Å². The molecule has 1 unspecified atom stereocenters. The quantitative estimate of drug-likeness (QED) is 0.809. The van der Waals surface area contributed by atoms with E-state index in [9.17, 15) is 5.11 Å². The predicted octanol–water partition coefficient (Wildman–Crippen LogP) is 2.90. The molecule has 5 heteroatoms. The fourth-order valence-corrected chi connectivity index (χ4v) is 2.12. The van der Waals surface area contributed by atoms with Crippen molar-refractivity contribution < 1.29 is 5.11 Å². The van der Waals surface area contributed by atoms with E-state index < -0.39 is 6.10 Å². The Kier molecular flexibility index (Phi) is 5.35. The molecule has 18 heavy (non-hydrogen) atoms. The minimum absolute atomic E-state index is 0.109. The molecule has 0 fully saturated rings. The summed E-state index contributed by atoms with van der Waals surface area (Å²) in [6.45, 7) is 8.79. The molecule has 1 atom stereocenters. The molecule has 0 aliphatic rings. The number of aromatic nitrogens is 2. The Morgan fingerprint density at radius 1 is 1.39 bits per heavy atom. The number of aliphatic hydroxyl groups excluding tert-OH is 1. The lowest BCUT2D eigenvalue weighted by Crippen LogP contribution is -2.25. The van der Waals surface area contributed by atoms with Crippen LogP contribution in [-0.4, -0.2) is 27.7 Å². The Morgan fingerprint density at radius 2 is 2.06 bits per heavy atom. The standard InChI is InChI=1S/C13H22ClN3O/c1-5-10-11(14)16-8-17-12(10)15-7-9(18)6-13(2,3)4/h8-9,18H,5-7H2,1-4H3,(H,15,16,17). The Labute approximate surface area is 114 Å². The highest BCUT2D eigenvalue weighted by atomic mass is 35.5. The molecule has 0 aromatic carbocycles. The third kappa shape index (κ3) is 4.78. The SMILES string of the molecule is CCc1c(Cl)ncnc1NCC(O)CC(C)(C)C. The van der Waals surface area contributed by atoms with Gasteiger partial charge in [0, 0.05) is 12.1 Å². The molecule has 1 heterocycles. The number of hydrogen-bond donors (Lipinski definition) is 2. The first-order chi connectivity index (χ1) is 8.33. The van der Waals surface area contributed by atoms with E-state index in [1.165, 1.54) is 6.33 Å². The zero-order valence-electron chi connectivity index (χ0n) is 11.5. The monoisotopic (exact) mass is 271 g/mol. The van der Waals surface area contributed by atoms with Crippen molar-refractivity contribution in [2.45, 2.75) is 46.6 Å². The largest absolute Gasteiger partial charge is 0.391 e. The van der Waals surface area contributed by atoms with Crippen LogP contribution in [0.4, 0.5) is 5.82 Å². The molecule has 4 nitrogen and oxygen atoms in total. The van der Waals surface area contributed by atoms with Gasteiger partial charge < -0.3 is 10.4 Å². The number of anilines is 1. The van der Waals surface area contributed by atoms with Crippen molar-refractivity contribution in [3.05, 3.63) is 17.0 Å². The third-order valence-electron chi connectivity index (χ3n) is 2.60. The predicted molar refractivity (Wildman–Crippen MR) is 75.0 cm³/mol. The summed E-state index contributed by atoms with van der Waals surface area (Å²) in [6.07, 6.45) is 2.53. The van der Waals surface area contributed by atoms with Crippen LogP contribution in [0.3, 0.4) is 0 Å². The van der Waals surface area contributed by atoms with Gasteiger partial charge in [-0.15, -0.1) is 0 Å². The number of halogens is 1. The molecule has 0 saturated heterocycles. The molecular formula is C13H22ClN3O. The summed E-state index contributed by atoms with van der Waals surface area (Å²) in [6, 6.07) is 0. The maximum atomic E-state index is 9.94. The molecule has 1 aromatic rings. The van der Waals surface area contributed by atoms with E-state index in [2.05, 4.69) is 36.1 Å². The Bertz CT molecular complexity index is 390. The molecule has 0 aliphatic heterocycles. The number of nitrogens with one attached hydrogen (secondary N) is 1. The fourth-order valence-electron chi connectivity index (χ4n) is 1.85. The van der Waals surface area contributed by atoms with Crippen LogP contribution < -0.4 is 5.32 Å². The van der Waals surface area contributed by atoms with Crippen molar-refractivity contribution in [1.82, 2.24) is 9.97 Å². The molecule has 1 aromatic heterocycles. The Hall–Kier alpha value is -0.870. The van der Waals surface area contributed by atoms with Crippen LogP contribution in [0.2, 0.25) is 5.15 Å². The molecular weight excluding hydrogens is 250 g/mol. The van der Waals surface area contributed by atoms with Gasteiger partial charge in [0.25, 0.3) is 0 Å². The van der Waals surface area contributed by atoms with Crippen LogP contribution in [0, 0.1) is 5.41 Å².